The van der Waals surface area contributed by atoms with Gasteiger partial charge in [0.1, 0.15) is 29.0 Å². The van der Waals surface area contributed by atoms with Crippen LogP contribution in [0.5, 0.6) is 5.75 Å². The van der Waals surface area contributed by atoms with Crippen LogP contribution in [0, 0.1) is 0 Å². The van der Waals surface area contributed by atoms with Gasteiger partial charge in [-0.25, -0.2) is 9.78 Å². The predicted molar refractivity (Wildman–Crippen MR) is 154 cm³/mol. The molecule has 0 radical (unpaired) electrons. The molecule has 1 N–H and O–H groups in total. The molecule has 4 saturated carbocycles. The lowest BCUT2D eigenvalue weighted by atomic mass is 9.57. The molecule has 4 aliphatic carbocycles. The smallest absolute Gasteiger partial charge is 0.339 e. The number of carbonyl (C=O) groups is 1. The summed E-state index contributed by atoms with van der Waals surface area (Å²) in [5.74, 6) is 0.854. The number of pyridine rings is 1. The fourth-order valence-electron chi connectivity index (χ4n) is 6.60. The van der Waals surface area contributed by atoms with Gasteiger partial charge in [0.15, 0.2) is 0 Å². The minimum Gasteiger partial charge on any atom is -0.496 e. The van der Waals surface area contributed by atoms with Crippen LogP contribution in [0.25, 0.3) is 22.7 Å². The van der Waals surface area contributed by atoms with Crippen molar-refractivity contribution in [1.29, 1.82) is 0 Å². The SMILES string of the molecule is COc1ccc(-c2nc(C34CCC(OCc5c(-c6c(Cl)cncc6Cl)noc5C5CC5)(CC3)CC4)co2)cc1C(=O)O. The zero-order chi connectivity index (χ0) is 29.1. The first-order valence-corrected chi connectivity index (χ1v) is 14.9. The standard InChI is InChI=1S/C31H29Cl2N3O6/c1-39-23-5-4-18(12-19(23)29(37)38)28-35-24(16-40-28)30-6-9-31(10-7-30,11-8-30)41-15-20-26(36-42-27(20)17-2-3-17)25-21(32)13-34-14-22(25)33/h4-5,12-14,16-17H,2-3,6-11,15H2,1H3,(H,37,38). The molecule has 8 rings (SSSR count). The van der Waals surface area contributed by atoms with E-state index in [1.807, 2.05) is 0 Å². The molecule has 218 valence electrons. The number of aromatic nitrogens is 3. The van der Waals surface area contributed by atoms with Gasteiger partial charge < -0.3 is 23.5 Å². The van der Waals surface area contributed by atoms with Crippen molar-refractivity contribution in [3.05, 3.63) is 69.5 Å². The number of methoxy groups -OCH3 is 1. The first-order valence-electron chi connectivity index (χ1n) is 14.1. The Morgan fingerprint density at radius 2 is 1.81 bits per heavy atom. The molecule has 0 aliphatic heterocycles. The van der Waals surface area contributed by atoms with Gasteiger partial charge in [0, 0.05) is 40.4 Å². The number of rotatable bonds is 9. The number of halogens is 2. The Labute approximate surface area is 252 Å². The van der Waals surface area contributed by atoms with Gasteiger partial charge in [-0.3, -0.25) is 4.98 Å². The van der Waals surface area contributed by atoms with Gasteiger partial charge in [-0.05, 0) is 69.6 Å². The number of hydrogen-bond acceptors (Lipinski definition) is 8. The molecule has 2 bridgehead atoms. The van der Waals surface area contributed by atoms with E-state index in [2.05, 4.69) is 10.1 Å². The lowest BCUT2D eigenvalue weighted by Gasteiger charge is -2.52. The van der Waals surface area contributed by atoms with Crippen molar-refractivity contribution in [2.45, 2.75) is 74.9 Å². The lowest BCUT2D eigenvalue weighted by molar-refractivity contribution is -0.127. The Hall–Kier alpha value is -3.40. The highest BCUT2D eigenvalue weighted by molar-refractivity contribution is 6.38. The normalized spacial score (nSPS) is 23.3. The van der Waals surface area contributed by atoms with Crippen LogP contribution in [0.1, 0.15) is 84.7 Å². The molecule has 0 unspecified atom stereocenters. The molecule has 3 aromatic heterocycles. The highest BCUT2D eigenvalue weighted by Gasteiger charge is 2.51. The van der Waals surface area contributed by atoms with Crippen LogP contribution in [0.4, 0.5) is 0 Å². The van der Waals surface area contributed by atoms with Crippen LogP contribution in [-0.2, 0) is 16.8 Å². The van der Waals surface area contributed by atoms with Crippen LogP contribution in [-0.4, -0.2) is 38.9 Å². The van der Waals surface area contributed by atoms with Crippen molar-refractivity contribution in [2.24, 2.45) is 0 Å². The van der Waals surface area contributed by atoms with Crippen LogP contribution >= 0.6 is 23.2 Å². The maximum Gasteiger partial charge on any atom is 0.339 e. The number of carboxylic acid groups (broad SMARTS) is 1. The maximum atomic E-state index is 11.7. The average Bonchev–Trinajstić information content (AvgIpc) is 3.56. The van der Waals surface area contributed by atoms with E-state index in [1.54, 1.807) is 30.8 Å². The van der Waals surface area contributed by atoms with Crippen LogP contribution in [0.3, 0.4) is 0 Å². The quantitative estimate of drug-likeness (QED) is 0.202. The highest BCUT2D eigenvalue weighted by Crippen LogP contribution is 2.56. The summed E-state index contributed by atoms with van der Waals surface area (Å²) in [4.78, 5) is 20.6. The van der Waals surface area contributed by atoms with Crippen molar-refractivity contribution in [3.63, 3.8) is 0 Å². The maximum absolute atomic E-state index is 11.7. The number of fused-ring (bicyclic) bond motifs is 3. The number of nitrogens with zero attached hydrogens (tertiary/aromatic N) is 3. The van der Waals surface area contributed by atoms with E-state index in [0.717, 1.165) is 68.4 Å². The fraction of sp³-hybridized carbons (Fsp3) is 0.419. The van der Waals surface area contributed by atoms with Crippen LogP contribution < -0.4 is 4.74 Å². The number of ether oxygens (including phenoxy) is 2. The van der Waals surface area contributed by atoms with Gasteiger partial charge >= 0.3 is 5.97 Å². The van der Waals surface area contributed by atoms with Gasteiger partial charge in [-0.1, -0.05) is 28.4 Å². The molecule has 4 aliphatic rings. The zero-order valence-electron chi connectivity index (χ0n) is 23.0. The van der Waals surface area contributed by atoms with E-state index < -0.39 is 5.97 Å². The molecule has 4 aromatic rings. The Morgan fingerprint density at radius 1 is 1.10 bits per heavy atom. The molecule has 0 saturated heterocycles. The minimum atomic E-state index is -1.07. The Morgan fingerprint density at radius 3 is 2.45 bits per heavy atom. The van der Waals surface area contributed by atoms with E-state index in [-0.39, 0.29) is 16.6 Å². The highest BCUT2D eigenvalue weighted by atomic mass is 35.5. The molecule has 0 atom stereocenters. The molecule has 0 amide bonds. The Balaban J connectivity index is 1.08. The van der Waals surface area contributed by atoms with E-state index in [4.69, 9.17) is 46.6 Å². The molecule has 3 heterocycles. The summed E-state index contributed by atoms with van der Waals surface area (Å²) in [7, 11) is 1.45. The largest absolute Gasteiger partial charge is 0.496 e. The van der Waals surface area contributed by atoms with Crippen LogP contribution in [0.15, 0.2) is 45.8 Å². The van der Waals surface area contributed by atoms with Crippen molar-refractivity contribution >= 4 is 29.2 Å². The Kier molecular flexibility index (Phi) is 6.79. The average molecular weight is 610 g/mol. The van der Waals surface area contributed by atoms with E-state index in [1.165, 1.54) is 13.2 Å². The summed E-state index contributed by atoms with van der Waals surface area (Å²) in [6.45, 7) is 0.379. The van der Waals surface area contributed by atoms with Gasteiger partial charge in [-0.2, -0.15) is 0 Å². The van der Waals surface area contributed by atoms with Crippen LogP contribution in [0.2, 0.25) is 10.0 Å². The molecule has 1 aromatic carbocycles. The summed E-state index contributed by atoms with van der Waals surface area (Å²) < 4.78 is 23.6. The second-order valence-corrected chi connectivity index (χ2v) is 12.5. The summed E-state index contributed by atoms with van der Waals surface area (Å²) in [6.07, 6.45) is 12.5. The molecule has 42 heavy (non-hydrogen) atoms. The van der Waals surface area contributed by atoms with Crippen molar-refractivity contribution in [1.82, 2.24) is 15.1 Å². The summed E-state index contributed by atoms with van der Waals surface area (Å²) in [6, 6.07) is 4.93. The molecular weight excluding hydrogens is 581 g/mol. The van der Waals surface area contributed by atoms with Crippen molar-refractivity contribution in [3.8, 4) is 28.5 Å². The van der Waals surface area contributed by atoms with Crippen molar-refractivity contribution < 1.29 is 28.3 Å². The first-order chi connectivity index (χ1) is 20.3. The second-order valence-electron chi connectivity index (χ2n) is 11.6. The summed E-state index contributed by atoms with van der Waals surface area (Å²) >= 11 is 13.0. The number of hydrogen-bond donors (Lipinski definition) is 1. The monoisotopic (exact) mass is 609 g/mol. The zero-order valence-corrected chi connectivity index (χ0v) is 24.5. The minimum absolute atomic E-state index is 0.0690. The molecule has 4 fully saturated rings. The first kappa shape index (κ1) is 27.4. The number of carboxylic acids is 1. The van der Waals surface area contributed by atoms with Crippen molar-refractivity contribution in [2.75, 3.05) is 7.11 Å². The topological polar surface area (TPSA) is 121 Å². The van der Waals surface area contributed by atoms with Gasteiger partial charge in [0.25, 0.3) is 0 Å². The molecular formula is C31H29Cl2N3O6. The van der Waals surface area contributed by atoms with E-state index in [0.29, 0.717) is 51.0 Å². The molecule has 11 heteroatoms. The third-order valence-corrected chi connectivity index (χ3v) is 9.85. The third-order valence-electron chi connectivity index (χ3n) is 9.28. The molecule has 9 nitrogen and oxygen atoms in total. The lowest BCUT2D eigenvalue weighted by Crippen LogP contribution is -2.49. The number of oxazole rings is 1. The fourth-order valence-corrected chi connectivity index (χ4v) is 7.14. The van der Waals surface area contributed by atoms with Gasteiger partial charge in [0.2, 0.25) is 5.89 Å². The van der Waals surface area contributed by atoms with E-state index in [9.17, 15) is 9.90 Å². The van der Waals surface area contributed by atoms with Gasteiger partial charge in [-0.15, -0.1) is 0 Å². The predicted octanol–water partition coefficient (Wildman–Crippen LogP) is 7.84. The third kappa shape index (κ3) is 4.68. The summed E-state index contributed by atoms with van der Waals surface area (Å²) in [5, 5.41) is 14.8. The van der Waals surface area contributed by atoms with E-state index >= 15 is 0 Å². The Bertz CT molecular complexity index is 1630. The number of aromatic carboxylic acids is 1. The molecule has 0 spiro atoms. The number of benzene rings is 1. The second kappa shape index (κ2) is 10.4. The summed E-state index contributed by atoms with van der Waals surface area (Å²) in [5.41, 5.74) is 3.44. The van der Waals surface area contributed by atoms with Gasteiger partial charge in [0.05, 0.1) is 35.1 Å².